The number of pyridine rings is 1. The van der Waals surface area contributed by atoms with E-state index in [1.807, 2.05) is 42.5 Å². The molecule has 1 aromatic carbocycles. The van der Waals surface area contributed by atoms with Gasteiger partial charge in [0.25, 0.3) is 5.56 Å². The molecule has 1 fully saturated rings. The Morgan fingerprint density at radius 3 is 2.75 bits per heavy atom. The van der Waals surface area contributed by atoms with E-state index in [0.29, 0.717) is 10.4 Å². The Bertz CT molecular complexity index is 919. The molecule has 5 nitrogen and oxygen atoms in total. The van der Waals surface area contributed by atoms with Crippen molar-refractivity contribution in [3.63, 3.8) is 0 Å². The Kier molecular flexibility index (Phi) is 4.34. The van der Waals surface area contributed by atoms with Crippen molar-refractivity contribution >= 4 is 21.4 Å². The maximum Gasteiger partial charge on any atom is 0.279 e. The number of rotatable bonds is 3. The van der Waals surface area contributed by atoms with Gasteiger partial charge in [-0.2, -0.15) is 4.98 Å². The van der Waals surface area contributed by atoms with Gasteiger partial charge in [-0.25, -0.2) is 4.98 Å². The molecule has 122 valence electrons. The molecule has 0 spiro atoms. The van der Waals surface area contributed by atoms with Crippen LogP contribution in [0.4, 0.5) is 0 Å². The van der Waals surface area contributed by atoms with Gasteiger partial charge in [0.2, 0.25) is 0 Å². The second-order valence-corrected chi connectivity index (χ2v) is 6.75. The Morgan fingerprint density at radius 2 is 1.88 bits per heavy atom. The quantitative estimate of drug-likeness (QED) is 0.734. The van der Waals surface area contributed by atoms with Gasteiger partial charge < -0.3 is 4.74 Å². The number of fused-ring (bicyclic) bond motifs is 1. The third kappa shape index (κ3) is 3.21. The fourth-order valence-corrected chi connectivity index (χ4v) is 3.76. The van der Waals surface area contributed by atoms with Crippen molar-refractivity contribution < 1.29 is 4.74 Å². The molecule has 6 heteroatoms. The van der Waals surface area contributed by atoms with Crippen LogP contribution in [0, 0.1) is 0 Å². The molecule has 1 saturated heterocycles. The molecule has 1 aliphatic heterocycles. The van der Waals surface area contributed by atoms with Crippen LogP contribution in [-0.4, -0.2) is 41.2 Å². The van der Waals surface area contributed by atoms with Crippen molar-refractivity contribution in [3.05, 3.63) is 58.5 Å². The van der Waals surface area contributed by atoms with Crippen LogP contribution in [-0.2, 0) is 11.3 Å². The van der Waals surface area contributed by atoms with Gasteiger partial charge in [-0.1, -0.05) is 18.2 Å². The normalized spacial score (nSPS) is 15.7. The van der Waals surface area contributed by atoms with Crippen LogP contribution in [0.2, 0.25) is 0 Å². The summed E-state index contributed by atoms with van der Waals surface area (Å²) >= 11 is 1.50. The second kappa shape index (κ2) is 6.76. The lowest BCUT2D eigenvalue weighted by Gasteiger charge is -2.26. The average molecular weight is 339 g/mol. The minimum absolute atomic E-state index is 0.195. The van der Waals surface area contributed by atoms with Crippen molar-refractivity contribution in [1.29, 1.82) is 0 Å². The number of nitrogens with zero attached hydrogens (tertiary/aromatic N) is 3. The molecule has 0 bridgehead atoms. The van der Waals surface area contributed by atoms with Crippen molar-refractivity contribution in [1.82, 2.24) is 14.9 Å². The summed E-state index contributed by atoms with van der Waals surface area (Å²) in [5.74, 6) is 0. The highest BCUT2D eigenvalue weighted by atomic mass is 32.1. The van der Waals surface area contributed by atoms with Crippen LogP contribution in [0.25, 0.3) is 20.8 Å². The van der Waals surface area contributed by atoms with Gasteiger partial charge in [0.1, 0.15) is 5.01 Å². The van der Waals surface area contributed by atoms with E-state index in [1.165, 1.54) is 11.3 Å². The van der Waals surface area contributed by atoms with Gasteiger partial charge in [0.15, 0.2) is 0 Å². The largest absolute Gasteiger partial charge is 0.379 e. The molecule has 1 aliphatic rings. The topological polar surface area (TPSA) is 55.3 Å². The van der Waals surface area contributed by atoms with Crippen LogP contribution in [0.3, 0.4) is 0 Å². The molecular formula is C18H17N3O2S. The Labute approximate surface area is 143 Å². The van der Waals surface area contributed by atoms with Crippen LogP contribution >= 0.6 is 11.3 Å². The van der Waals surface area contributed by atoms with Crippen molar-refractivity contribution in [2.24, 2.45) is 0 Å². The lowest BCUT2D eigenvalue weighted by atomic mass is 10.2. The first-order valence-electron chi connectivity index (χ1n) is 7.96. The van der Waals surface area contributed by atoms with E-state index >= 15 is 0 Å². The third-order valence-corrected chi connectivity index (χ3v) is 5.11. The smallest absolute Gasteiger partial charge is 0.279 e. The molecule has 0 unspecified atom stereocenters. The number of morpholine rings is 1. The molecular weight excluding hydrogens is 322 g/mol. The molecule has 3 heterocycles. The standard InChI is InChI=1S/C18H17N3O2S/c22-17-14-5-1-2-7-16(14)24-18(20-17)15-6-3-4-13(19-15)12-21-8-10-23-11-9-21/h1-7H,8-12H2. The molecule has 0 N–H and O–H groups in total. The van der Waals surface area contributed by atoms with Gasteiger partial charge in [-0.3, -0.25) is 9.69 Å². The van der Waals surface area contributed by atoms with Crippen LogP contribution < -0.4 is 5.56 Å². The molecule has 0 amide bonds. The highest BCUT2D eigenvalue weighted by molar-refractivity contribution is 7.21. The van der Waals surface area contributed by atoms with Crippen LogP contribution in [0.15, 0.2) is 47.3 Å². The predicted molar refractivity (Wildman–Crippen MR) is 95.2 cm³/mol. The summed E-state index contributed by atoms with van der Waals surface area (Å²) in [4.78, 5) is 23.5. The van der Waals surface area contributed by atoms with Crippen molar-refractivity contribution in [2.45, 2.75) is 6.54 Å². The number of hydrogen-bond donors (Lipinski definition) is 0. The first kappa shape index (κ1) is 15.4. The Balaban J connectivity index is 1.66. The zero-order valence-electron chi connectivity index (χ0n) is 13.1. The zero-order valence-corrected chi connectivity index (χ0v) is 14.0. The summed E-state index contributed by atoms with van der Waals surface area (Å²) in [5, 5.41) is 1.33. The number of ether oxygens (including phenoxy) is 1. The maximum absolute atomic E-state index is 12.2. The molecule has 0 radical (unpaired) electrons. The van der Waals surface area contributed by atoms with E-state index in [-0.39, 0.29) is 5.56 Å². The Morgan fingerprint density at radius 1 is 1.04 bits per heavy atom. The van der Waals surface area contributed by atoms with E-state index in [0.717, 1.165) is 48.9 Å². The van der Waals surface area contributed by atoms with Crippen molar-refractivity contribution in [2.75, 3.05) is 26.3 Å². The van der Waals surface area contributed by atoms with E-state index in [4.69, 9.17) is 9.72 Å². The fraction of sp³-hybridized carbons (Fsp3) is 0.278. The third-order valence-electron chi connectivity index (χ3n) is 4.04. The summed E-state index contributed by atoms with van der Waals surface area (Å²) in [7, 11) is 0. The van der Waals surface area contributed by atoms with Crippen LogP contribution in [0.5, 0.6) is 0 Å². The Hall–Kier alpha value is -2.15. The van der Waals surface area contributed by atoms with Crippen molar-refractivity contribution in [3.8, 4) is 10.7 Å². The first-order chi connectivity index (χ1) is 11.8. The zero-order chi connectivity index (χ0) is 16.4. The molecule has 4 rings (SSSR count). The molecule has 3 aromatic rings. The molecule has 24 heavy (non-hydrogen) atoms. The number of benzene rings is 1. The van der Waals surface area contributed by atoms with Crippen LogP contribution in [0.1, 0.15) is 5.69 Å². The molecule has 0 atom stereocenters. The monoisotopic (exact) mass is 339 g/mol. The summed E-state index contributed by atoms with van der Waals surface area (Å²) in [5.41, 5.74) is 1.55. The average Bonchev–Trinajstić information content (AvgIpc) is 2.63. The molecule has 0 saturated carbocycles. The summed E-state index contributed by atoms with van der Waals surface area (Å²) in [6.45, 7) is 4.18. The van der Waals surface area contributed by atoms with Gasteiger partial charge in [-0.15, -0.1) is 11.3 Å². The molecule has 0 aliphatic carbocycles. The number of hydrogen-bond acceptors (Lipinski definition) is 6. The fourth-order valence-electron chi connectivity index (χ4n) is 2.80. The lowest BCUT2D eigenvalue weighted by molar-refractivity contribution is 0.0336. The van der Waals surface area contributed by atoms with Gasteiger partial charge in [-0.05, 0) is 24.3 Å². The summed E-state index contributed by atoms with van der Waals surface area (Å²) in [6.07, 6.45) is 0. The van der Waals surface area contributed by atoms with E-state index < -0.39 is 0 Å². The highest BCUT2D eigenvalue weighted by Gasteiger charge is 2.13. The van der Waals surface area contributed by atoms with E-state index in [1.54, 1.807) is 0 Å². The predicted octanol–water partition coefficient (Wildman–Crippen LogP) is 2.55. The number of aromatic nitrogens is 2. The SMILES string of the molecule is O=c1nc(-c2cccc(CN3CCOCC3)n2)sc2ccccc12. The second-order valence-electron chi connectivity index (χ2n) is 5.72. The minimum Gasteiger partial charge on any atom is -0.379 e. The summed E-state index contributed by atoms with van der Waals surface area (Å²) < 4.78 is 6.32. The van der Waals surface area contributed by atoms with Gasteiger partial charge in [0.05, 0.1) is 30.0 Å². The summed E-state index contributed by atoms with van der Waals surface area (Å²) in [6, 6.07) is 13.5. The minimum atomic E-state index is -0.195. The van der Waals surface area contributed by atoms with Gasteiger partial charge in [0, 0.05) is 24.3 Å². The lowest BCUT2D eigenvalue weighted by Crippen LogP contribution is -2.35. The highest BCUT2D eigenvalue weighted by Crippen LogP contribution is 2.24. The first-order valence-corrected chi connectivity index (χ1v) is 8.77. The van der Waals surface area contributed by atoms with E-state index in [2.05, 4.69) is 9.88 Å². The molecule has 2 aromatic heterocycles. The van der Waals surface area contributed by atoms with Gasteiger partial charge >= 0.3 is 0 Å². The van der Waals surface area contributed by atoms with E-state index in [9.17, 15) is 4.79 Å². The maximum atomic E-state index is 12.2.